The fourth-order valence-electron chi connectivity index (χ4n) is 2.29. The van der Waals surface area contributed by atoms with Gasteiger partial charge in [-0.2, -0.15) is 8.78 Å². The van der Waals surface area contributed by atoms with Crippen molar-refractivity contribution in [2.45, 2.75) is 96.3 Å². The Bertz CT molecular complexity index is 255. The molecule has 0 spiro atoms. The van der Waals surface area contributed by atoms with Gasteiger partial charge in [-0.1, -0.05) is 100 Å². The summed E-state index contributed by atoms with van der Waals surface area (Å²) < 4.78 is 25.5. The third kappa shape index (κ3) is 16.4. The summed E-state index contributed by atoms with van der Waals surface area (Å²) in [6, 6.07) is 0. The quantitative estimate of drug-likeness (QED) is 0.179. The van der Waals surface area contributed by atoms with Crippen LogP contribution in [-0.2, 0) is 4.79 Å². The lowest BCUT2D eigenvalue weighted by Crippen LogP contribution is -2.27. The number of rotatable bonds is 14. The molecule has 1 N–H and O–H groups in total. The molecule has 0 saturated heterocycles. The van der Waals surface area contributed by atoms with Crippen LogP contribution in [0.3, 0.4) is 0 Å². The van der Waals surface area contributed by atoms with Crippen LogP contribution in [0.5, 0.6) is 0 Å². The van der Waals surface area contributed by atoms with Crippen molar-refractivity contribution in [2.24, 2.45) is 0 Å². The van der Waals surface area contributed by atoms with Gasteiger partial charge in [0.05, 0.1) is 0 Å². The second-order valence-corrected chi connectivity index (χ2v) is 5.65. The Balaban J connectivity index is -0.00000128. The zero-order valence-corrected chi connectivity index (χ0v) is 16.3. The Kier molecular flexibility index (Phi) is 19.2. The SMILES string of the molecule is CCCCCCCCCCCCCCC(F)(F)C(=O)O.CI.[HH]. The first-order valence-corrected chi connectivity index (χ1v) is 10.7. The highest BCUT2D eigenvalue weighted by atomic mass is 127. The van der Waals surface area contributed by atoms with Crippen LogP contribution in [0.2, 0.25) is 0 Å². The lowest BCUT2D eigenvalue weighted by Gasteiger charge is -2.10. The van der Waals surface area contributed by atoms with Crippen molar-refractivity contribution in [2.75, 3.05) is 4.93 Å². The first-order valence-electron chi connectivity index (χ1n) is 8.49. The minimum atomic E-state index is -3.54. The first kappa shape index (κ1) is 24.3. The number of hydrogen-bond acceptors (Lipinski definition) is 1. The number of hydrogen-bond donors (Lipinski definition) is 1. The monoisotopic (exact) mass is 436 g/mol. The molecule has 0 radical (unpaired) electrons. The Morgan fingerprint density at radius 2 is 1.18 bits per heavy atom. The Hall–Kier alpha value is 0.0600. The van der Waals surface area contributed by atoms with E-state index in [1.165, 1.54) is 51.4 Å². The zero-order valence-electron chi connectivity index (χ0n) is 14.2. The van der Waals surface area contributed by atoms with Crippen molar-refractivity contribution in [1.82, 2.24) is 0 Å². The van der Waals surface area contributed by atoms with Crippen molar-refractivity contribution >= 4 is 28.6 Å². The van der Waals surface area contributed by atoms with Crippen molar-refractivity contribution in [3.05, 3.63) is 0 Å². The molecular formula is C17H35F2IO2. The highest BCUT2D eigenvalue weighted by molar-refractivity contribution is 14.1. The van der Waals surface area contributed by atoms with Crippen LogP contribution >= 0.6 is 22.6 Å². The van der Waals surface area contributed by atoms with Gasteiger partial charge in [-0.25, -0.2) is 4.79 Å². The fourth-order valence-corrected chi connectivity index (χ4v) is 2.29. The average molecular weight is 436 g/mol. The molecule has 0 aromatic carbocycles. The van der Waals surface area contributed by atoms with E-state index in [0.717, 1.165) is 12.8 Å². The van der Waals surface area contributed by atoms with Crippen LogP contribution in [0.1, 0.15) is 91.8 Å². The molecule has 0 rings (SSSR count). The smallest absolute Gasteiger partial charge is 0.374 e. The van der Waals surface area contributed by atoms with E-state index in [9.17, 15) is 13.6 Å². The number of carboxylic acid groups (broad SMARTS) is 1. The Morgan fingerprint density at radius 1 is 0.864 bits per heavy atom. The Morgan fingerprint density at radius 3 is 1.50 bits per heavy atom. The molecule has 0 aromatic heterocycles. The lowest BCUT2D eigenvalue weighted by molar-refractivity contribution is -0.165. The molecule has 0 aliphatic heterocycles. The maximum Gasteiger partial charge on any atom is 0.374 e. The van der Waals surface area contributed by atoms with Crippen LogP contribution in [0.15, 0.2) is 0 Å². The number of carbonyl (C=O) groups is 1. The highest BCUT2D eigenvalue weighted by Gasteiger charge is 2.37. The molecule has 0 heterocycles. The van der Waals surface area contributed by atoms with E-state index in [1.54, 1.807) is 0 Å². The third-order valence-corrected chi connectivity index (χ3v) is 3.66. The van der Waals surface area contributed by atoms with E-state index in [2.05, 4.69) is 29.5 Å². The fraction of sp³-hybridized carbons (Fsp3) is 0.941. The summed E-state index contributed by atoms with van der Waals surface area (Å²) in [4.78, 5) is 12.2. The molecule has 5 heteroatoms. The molecule has 0 amide bonds. The third-order valence-electron chi connectivity index (χ3n) is 3.66. The molecule has 22 heavy (non-hydrogen) atoms. The average Bonchev–Trinajstić information content (AvgIpc) is 2.50. The maximum absolute atomic E-state index is 12.8. The minimum absolute atomic E-state index is 0. The minimum Gasteiger partial charge on any atom is -0.477 e. The van der Waals surface area contributed by atoms with Gasteiger partial charge in [0.25, 0.3) is 0 Å². The van der Waals surface area contributed by atoms with E-state index in [0.29, 0.717) is 12.8 Å². The first-order chi connectivity index (χ1) is 10.5. The summed E-state index contributed by atoms with van der Waals surface area (Å²) in [5, 5.41) is 8.27. The topological polar surface area (TPSA) is 37.3 Å². The molecule has 2 nitrogen and oxygen atoms in total. The van der Waals surface area contributed by atoms with E-state index in [1.807, 2.05) is 4.93 Å². The lowest BCUT2D eigenvalue weighted by atomic mass is 10.0. The van der Waals surface area contributed by atoms with Gasteiger partial charge in [0.1, 0.15) is 0 Å². The summed E-state index contributed by atoms with van der Waals surface area (Å²) in [7, 11) is 0. The van der Waals surface area contributed by atoms with Gasteiger partial charge in [0.15, 0.2) is 0 Å². The van der Waals surface area contributed by atoms with E-state index < -0.39 is 18.3 Å². The van der Waals surface area contributed by atoms with Gasteiger partial charge in [-0.15, -0.1) is 0 Å². The number of halogens is 3. The van der Waals surface area contributed by atoms with Gasteiger partial charge < -0.3 is 5.11 Å². The molecule has 0 aliphatic carbocycles. The van der Waals surface area contributed by atoms with Gasteiger partial charge in [0.2, 0.25) is 0 Å². The predicted octanol–water partition coefficient (Wildman–Crippen LogP) is 7.09. The molecule has 0 aromatic rings. The highest BCUT2D eigenvalue weighted by Crippen LogP contribution is 2.22. The maximum atomic E-state index is 12.8. The summed E-state index contributed by atoms with van der Waals surface area (Å²) >= 11 is 2.15. The van der Waals surface area contributed by atoms with Crippen molar-refractivity contribution in [3.8, 4) is 0 Å². The number of unbranched alkanes of at least 4 members (excludes halogenated alkanes) is 11. The summed E-state index contributed by atoms with van der Waals surface area (Å²) in [5.41, 5.74) is 0. The van der Waals surface area contributed by atoms with Crippen LogP contribution in [0, 0.1) is 0 Å². The van der Waals surface area contributed by atoms with E-state index >= 15 is 0 Å². The normalized spacial score (nSPS) is 11.0. The molecule has 0 fully saturated rings. The van der Waals surface area contributed by atoms with E-state index in [-0.39, 0.29) is 1.43 Å². The van der Waals surface area contributed by atoms with Crippen LogP contribution in [0.25, 0.3) is 0 Å². The molecule has 0 atom stereocenters. The van der Waals surface area contributed by atoms with Crippen molar-refractivity contribution in [1.29, 1.82) is 0 Å². The second-order valence-electron chi connectivity index (χ2n) is 5.65. The molecule has 0 aliphatic rings. The molecular weight excluding hydrogens is 401 g/mol. The number of carboxylic acids is 1. The van der Waals surface area contributed by atoms with Gasteiger partial charge in [0, 0.05) is 7.85 Å². The van der Waals surface area contributed by atoms with Gasteiger partial charge >= 0.3 is 11.9 Å². The van der Waals surface area contributed by atoms with E-state index in [4.69, 9.17) is 5.11 Å². The van der Waals surface area contributed by atoms with Gasteiger partial charge in [-0.3, -0.25) is 0 Å². The molecule has 0 saturated carbocycles. The second kappa shape index (κ2) is 17.4. The zero-order chi connectivity index (χ0) is 17.3. The molecule has 136 valence electrons. The number of alkyl halides is 3. The molecule has 0 bridgehead atoms. The summed E-state index contributed by atoms with van der Waals surface area (Å²) in [5.74, 6) is -5.54. The summed E-state index contributed by atoms with van der Waals surface area (Å²) in [6.07, 6.45) is 12.8. The molecule has 0 unspecified atom stereocenters. The Labute approximate surface area is 150 Å². The largest absolute Gasteiger partial charge is 0.477 e. The van der Waals surface area contributed by atoms with Crippen LogP contribution in [0.4, 0.5) is 8.78 Å². The van der Waals surface area contributed by atoms with Crippen molar-refractivity contribution in [3.63, 3.8) is 0 Å². The van der Waals surface area contributed by atoms with Crippen LogP contribution in [-0.4, -0.2) is 21.9 Å². The van der Waals surface area contributed by atoms with Gasteiger partial charge in [-0.05, 0) is 11.4 Å². The summed E-state index contributed by atoms with van der Waals surface area (Å²) in [6.45, 7) is 2.21. The van der Waals surface area contributed by atoms with Crippen molar-refractivity contribution < 1.29 is 20.1 Å². The number of aliphatic carboxylic acids is 1. The van der Waals surface area contributed by atoms with Crippen LogP contribution < -0.4 is 0 Å². The predicted molar refractivity (Wildman–Crippen MR) is 100 cm³/mol. The standard InChI is InChI=1S/C16H30F2O2.CH3I.H2/c1-2-3-4-5-6-7-8-9-10-11-12-13-14-16(17,18)15(19)20;1-2;/h2-14H2,1H3,(H,19,20);1H3;1H.